The van der Waals surface area contributed by atoms with E-state index in [0.717, 1.165) is 56.7 Å². The number of methoxy groups -OCH3 is 1. The third-order valence-corrected chi connectivity index (χ3v) is 17.4. The number of fused-ring (bicyclic) bond motifs is 15. The van der Waals surface area contributed by atoms with E-state index in [4.69, 9.17) is 34.6 Å². The lowest BCUT2D eigenvalue weighted by Crippen LogP contribution is -2.52. The Balaban J connectivity index is 1.11. The summed E-state index contributed by atoms with van der Waals surface area (Å²) in [6.45, 7) is 1.03. The number of aliphatic hydroxyl groups excluding tert-OH is 2. The van der Waals surface area contributed by atoms with Gasteiger partial charge in [-0.2, -0.15) is 4.73 Å². The molecule has 3 aliphatic rings. The van der Waals surface area contributed by atoms with Gasteiger partial charge < -0.3 is 66.5 Å². The molecule has 8 aromatic rings. The van der Waals surface area contributed by atoms with Crippen molar-refractivity contribution in [1.82, 2.24) is 55.9 Å². The van der Waals surface area contributed by atoms with E-state index < -0.39 is 109 Å². The SMILES string of the molecule is CO/C(C)=C1/NC(=O)[C@H]([C@@H](C)O)NC(=O)c2csc(n2)-c2cc(O)c(-c3nc(C(N)=O)cs3)nc2-c2csc(n2)[C@@H]2COC(=O)c3c4c5c(cccc5n3O)COC(=O)[C@@H](O)[C@@H](OC4)[C@H](NC(=O)c3csc1n3)c1nc(cs1)C(=O)N2. The summed E-state index contributed by atoms with van der Waals surface area (Å²) in [5, 5.41) is 64.1. The molecule has 0 spiro atoms. The molecule has 416 valence electrons. The van der Waals surface area contributed by atoms with Crippen LogP contribution < -0.4 is 27.0 Å². The zero-order valence-corrected chi connectivity index (χ0v) is 45.9. The number of primary amides is 1. The normalized spacial score (nSPS) is 20.9. The van der Waals surface area contributed by atoms with Crippen LogP contribution in [0.15, 0.2) is 56.9 Å². The fourth-order valence-electron chi connectivity index (χ4n) is 8.82. The maximum Gasteiger partial charge on any atom is 0.358 e. The summed E-state index contributed by atoms with van der Waals surface area (Å²) in [7, 11) is 1.30. The molecule has 0 radical (unpaired) electrons. The Morgan fingerprint density at radius 1 is 0.802 bits per heavy atom. The fraction of sp³-hybridized carbons (Fsp3) is 0.245. The Kier molecular flexibility index (Phi) is 14.6. The van der Waals surface area contributed by atoms with Gasteiger partial charge in [0.05, 0.1) is 25.3 Å². The second-order valence-corrected chi connectivity index (χ2v) is 22.4. The molecule has 0 aliphatic carbocycles. The van der Waals surface area contributed by atoms with Crippen LogP contribution in [-0.2, 0) is 41.8 Å². The highest BCUT2D eigenvalue weighted by molar-refractivity contribution is 7.14. The number of aromatic nitrogens is 7. The first-order valence-corrected chi connectivity index (χ1v) is 28.2. The monoisotopic (exact) mass is 1200 g/mol. The minimum atomic E-state index is -2.18. The number of benzene rings is 1. The van der Waals surface area contributed by atoms with Crippen LogP contribution in [0.4, 0.5) is 0 Å². The maximum absolute atomic E-state index is 14.5. The summed E-state index contributed by atoms with van der Waals surface area (Å²) in [5.41, 5.74) is 4.64. The van der Waals surface area contributed by atoms with E-state index >= 15 is 0 Å². The molecule has 0 unspecified atom stereocenters. The lowest BCUT2D eigenvalue weighted by Gasteiger charge is -2.30. The average molecular weight is 1200 g/mol. The number of nitrogens with two attached hydrogens (primary N) is 1. The molecule has 7 aromatic heterocycles. The number of thiazole rings is 5. The minimum Gasteiger partial charge on any atom is -0.506 e. The number of hydrogen-bond acceptors (Lipinski definition) is 26. The van der Waals surface area contributed by atoms with Gasteiger partial charge >= 0.3 is 11.9 Å². The first kappa shape index (κ1) is 54.3. The quantitative estimate of drug-likeness (QED) is 0.0692. The van der Waals surface area contributed by atoms with Crippen LogP contribution in [-0.4, -0.2) is 135 Å². The molecule has 10 N–H and O–H groups in total. The minimum absolute atomic E-state index is 0.00167. The van der Waals surface area contributed by atoms with Gasteiger partial charge in [-0.15, -0.1) is 56.7 Å². The van der Waals surface area contributed by atoms with Gasteiger partial charge in [0.2, 0.25) is 5.91 Å². The van der Waals surface area contributed by atoms with E-state index in [9.17, 15) is 54.1 Å². The number of carbonyl (C=O) groups is 7. The van der Waals surface area contributed by atoms with Crippen molar-refractivity contribution in [3.63, 3.8) is 0 Å². The molecular weight excluding hydrogens is 1160 g/mol. The zero-order chi connectivity index (χ0) is 57.1. The number of amides is 5. The molecule has 81 heavy (non-hydrogen) atoms. The molecule has 6 atom stereocenters. The number of allylic oxidation sites excluding steroid dienone is 1. The van der Waals surface area contributed by atoms with Gasteiger partial charge in [0, 0.05) is 43.4 Å². The molecule has 32 heteroatoms. The summed E-state index contributed by atoms with van der Waals surface area (Å²) >= 11 is 4.58. The van der Waals surface area contributed by atoms with E-state index in [-0.39, 0.29) is 98.4 Å². The topological polar surface area (TPSA) is 394 Å². The van der Waals surface area contributed by atoms with Gasteiger partial charge in [-0.25, -0.2) is 39.5 Å². The van der Waals surface area contributed by atoms with Crippen LogP contribution in [0, 0.1) is 0 Å². The standard InChI is InChI=1S/C49H40N12O15S5/c1-16(62)30-42(69)59-31(17(2)73-3)45-55-26(15-80-45)41(68)60-34-37-36(64)49(71)75-8-18-5-4-6-27-29(18)20(9-74-37)35(61(27)72)48(70)76-10-21(51-39(66)24-14-81-47(34)56-24)44-52-22(11-78-44)32-19(43-54-25(13-77-43)40(67)58-30)7-28(63)33(57-32)46-53-23(12-79-46)38(50)65/h4-7,11-16,21,30,34,36-37,62-64,72H,8-10H2,1-3H3,(H2,50,65)(H,51,66)(H,58,67)(H,59,69)(H,60,68)/b31-17+/t16-,21+,30+,34+,36+,37+/m1/s1. The molecule has 10 heterocycles. The molecule has 5 amide bonds. The van der Waals surface area contributed by atoms with Gasteiger partial charge in [0.15, 0.2) is 11.8 Å². The Morgan fingerprint density at radius 2 is 1.47 bits per heavy atom. The smallest absolute Gasteiger partial charge is 0.358 e. The van der Waals surface area contributed by atoms with E-state index in [0.29, 0.717) is 10.3 Å². The van der Waals surface area contributed by atoms with Crippen molar-refractivity contribution < 1.29 is 73.0 Å². The number of ether oxygens (including phenoxy) is 4. The van der Waals surface area contributed by atoms with Gasteiger partial charge in [0.25, 0.3) is 23.6 Å². The van der Waals surface area contributed by atoms with Gasteiger partial charge in [-0.05, 0) is 31.5 Å². The predicted molar refractivity (Wildman–Crippen MR) is 287 cm³/mol. The second-order valence-electron chi connectivity index (χ2n) is 18.0. The van der Waals surface area contributed by atoms with Crippen LogP contribution in [0.3, 0.4) is 0 Å². The molecular formula is C49H40N12O15S5. The van der Waals surface area contributed by atoms with Crippen molar-refractivity contribution in [3.8, 4) is 38.4 Å². The van der Waals surface area contributed by atoms with Crippen molar-refractivity contribution in [2.24, 2.45) is 5.73 Å². The van der Waals surface area contributed by atoms with Crippen LogP contribution in [0.25, 0.3) is 49.3 Å². The van der Waals surface area contributed by atoms with Crippen molar-refractivity contribution in [2.75, 3.05) is 13.7 Å². The third-order valence-electron chi connectivity index (χ3n) is 12.9. The highest BCUT2D eigenvalue weighted by Gasteiger charge is 2.42. The van der Waals surface area contributed by atoms with Crippen molar-refractivity contribution >= 4 is 115 Å². The van der Waals surface area contributed by atoms with Crippen molar-refractivity contribution in [3.05, 3.63) is 112 Å². The van der Waals surface area contributed by atoms with E-state index in [1.807, 2.05) is 0 Å². The van der Waals surface area contributed by atoms with E-state index in [2.05, 4.69) is 41.2 Å². The number of pyridine rings is 1. The van der Waals surface area contributed by atoms with Crippen LogP contribution in [0.2, 0.25) is 0 Å². The number of cyclic esters (lactones) is 2. The molecule has 0 saturated carbocycles. The van der Waals surface area contributed by atoms with Crippen molar-refractivity contribution in [1.29, 1.82) is 0 Å². The number of carbonyl (C=O) groups excluding carboxylic acids is 7. The number of aromatic hydroxyl groups is 1. The molecule has 0 fully saturated rings. The Labute approximate surface area is 474 Å². The number of nitrogens with zero attached hydrogens (tertiary/aromatic N) is 7. The largest absolute Gasteiger partial charge is 0.506 e. The highest BCUT2D eigenvalue weighted by Crippen LogP contribution is 2.42. The van der Waals surface area contributed by atoms with Crippen LogP contribution in [0.1, 0.15) is 105 Å². The summed E-state index contributed by atoms with van der Waals surface area (Å²) in [4.78, 5) is 125. The predicted octanol–water partition coefficient (Wildman–Crippen LogP) is 3.42. The number of nitrogens with one attached hydrogen (secondary N) is 4. The van der Waals surface area contributed by atoms with Crippen LogP contribution >= 0.6 is 56.7 Å². The lowest BCUT2D eigenvalue weighted by atomic mass is 10.0. The van der Waals surface area contributed by atoms with E-state index in [1.54, 1.807) is 6.07 Å². The van der Waals surface area contributed by atoms with Crippen molar-refractivity contribution in [2.45, 2.75) is 63.5 Å². The van der Waals surface area contributed by atoms with Gasteiger partial charge in [-0.3, -0.25) is 24.0 Å². The molecule has 27 nitrogen and oxygen atoms in total. The first-order valence-electron chi connectivity index (χ1n) is 23.8. The highest BCUT2D eigenvalue weighted by atomic mass is 32.1. The average Bonchev–Trinajstić information content (AvgIpc) is 4.53. The second kappa shape index (κ2) is 21.8. The number of rotatable bonds is 4. The Bertz CT molecular complexity index is 3950. The molecule has 12 bridgehead atoms. The lowest BCUT2D eigenvalue weighted by molar-refractivity contribution is -0.166. The summed E-state index contributed by atoms with van der Waals surface area (Å²) in [5.74, 6) is -7.18. The molecule has 3 aliphatic heterocycles. The first-order chi connectivity index (χ1) is 38.9. The summed E-state index contributed by atoms with van der Waals surface area (Å²) in [6, 6.07) is 1.34. The van der Waals surface area contributed by atoms with Gasteiger partial charge in [0.1, 0.15) is 120 Å². The number of esters is 2. The fourth-order valence-corrected chi connectivity index (χ4v) is 13.0. The number of hydrogen-bond donors (Lipinski definition) is 9. The Hall–Kier alpha value is -8.63. The summed E-state index contributed by atoms with van der Waals surface area (Å²) in [6.07, 6.45) is -5.50. The Morgan fingerprint density at radius 3 is 2.21 bits per heavy atom. The van der Waals surface area contributed by atoms with Gasteiger partial charge in [-0.1, -0.05) is 12.1 Å². The molecule has 0 saturated heterocycles. The zero-order valence-electron chi connectivity index (χ0n) is 41.8. The molecule has 1 aromatic carbocycles. The van der Waals surface area contributed by atoms with E-state index in [1.165, 1.54) is 66.1 Å². The van der Waals surface area contributed by atoms with Crippen LogP contribution in [0.5, 0.6) is 5.75 Å². The number of aliphatic hydroxyl groups is 2. The third kappa shape index (κ3) is 10.2. The summed E-state index contributed by atoms with van der Waals surface area (Å²) < 4.78 is 23.9. The molecule has 11 rings (SSSR count). The maximum atomic E-state index is 14.5.